The molecule has 1 saturated heterocycles. The molecule has 1 aliphatic heterocycles. The summed E-state index contributed by atoms with van der Waals surface area (Å²) in [6.07, 6.45) is 2.54. The molecule has 2 aromatic carbocycles. The van der Waals surface area contributed by atoms with E-state index in [1.54, 1.807) is 25.4 Å². The molecule has 3 N–H and O–H groups in total. The number of carbonyl (C=O) groups is 1. The fourth-order valence-electron chi connectivity index (χ4n) is 4.03. The van der Waals surface area contributed by atoms with E-state index in [0.29, 0.717) is 23.1 Å². The van der Waals surface area contributed by atoms with Crippen molar-refractivity contribution < 1.29 is 14.3 Å². The molecule has 35 heavy (non-hydrogen) atoms. The largest absolute Gasteiger partial charge is 0.457 e. The van der Waals surface area contributed by atoms with Gasteiger partial charge < -0.3 is 25.1 Å². The number of fused-ring (bicyclic) bond motifs is 1. The number of aromatic nitrogens is 3. The first-order valence-electron chi connectivity index (χ1n) is 11.7. The van der Waals surface area contributed by atoms with E-state index in [0.717, 1.165) is 56.0 Å². The number of aromatic amines is 1. The summed E-state index contributed by atoms with van der Waals surface area (Å²) in [5.74, 6) is 1.56. The second-order valence-corrected chi connectivity index (χ2v) is 8.35. The highest BCUT2D eigenvalue weighted by molar-refractivity contribution is 5.92. The smallest absolute Gasteiger partial charge is 0.269 e. The van der Waals surface area contributed by atoms with Gasteiger partial charge in [0.25, 0.3) is 5.91 Å². The Morgan fingerprint density at radius 3 is 2.83 bits per heavy atom. The first-order chi connectivity index (χ1) is 17.2. The Morgan fingerprint density at radius 2 is 1.97 bits per heavy atom. The molecule has 0 atom stereocenters. The molecule has 9 heteroatoms. The number of anilines is 2. The summed E-state index contributed by atoms with van der Waals surface area (Å²) in [4.78, 5) is 26.3. The highest BCUT2D eigenvalue weighted by atomic mass is 16.5. The number of carbonyl (C=O) groups excluding carboxylic acids is 1. The average Bonchev–Trinajstić information content (AvgIpc) is 3.29. The number of pyridine rings is 1. The van der Waals surface area contributed by atoms with Crippen LogP contribution in [0.25, 0.3) is 11.0 Å². The van der Waals surface area contributed by atoms with Crippen LogP contribution in [-0.2, 0) is 11.2 Å². The molecule has 5 rings (SSSR count). The predicted octanol–water partition coefficient (Wildman–Crippen LogP) is 3.73. The van der Waals surface area contributed by atoms with Crippen LogP contribution in [0, 0.1) is 0 Å². The van der Waals surface area contributed by atoms with Crippen LogP contribution in [0.1, 0.15) is 16.1 Å². The summed E-state index contributed by atoms with van der Waals surface area (Å²) in [5, 5.41) is 5.93. The molecule has 1 aliphatic rings. The van der Waals surface area contributed by atoms with E-state index in [2.05, 4.69) is 48.7 Å². The minimum Gasteiger partial charge on any atom is -0.457 e. The van der Waals surface area contributed by atoms with Crippen LogP contribution in [-0.4, -0.2) is 65.7 Å². The van der Waals surface area contributed by atoms with E-state index >= 15 is 0 Å². The highest BCUT2D eigenvalue weighted by Crippen LogP contribution is 2.26. The Hall–Kier alpha value is -3.95. The van der Waals surface area contributed by atoms with Gasteiger partial charge >= 0.3 is 0 Å². The number of amides is 1. The molecule has 4 aromatic rings. The number of H-pyrrole nitrogens is 1. The van der Waals surface area contributed by atoms with Crippen LogP contribution < -0.4 is 15.4 Å². The third-order valence-electron chi connectivity index (χ3n) is 5.89. The number of morpholine rings is 1. The van der Waals surface area contributed by atoms with Crippen molar-refractivity contribution in [3.63, 3.8) is 0 Å². The SMILES string of the molecule is CNC(=O)c1cc(Oc2ccc3nc(Nc4cccc(CCN5CCOCC5)c4)[nH]c3c2)ccn1. The van der Waals surface area contributed by atoms with Gasteiger partial charge in [-0.25, -0.2) is 4.98 Å². The number of nitrogens with one attached hydrogen (secondary N) is 3. The summed E-state index contributed by atoms with van der Waals surface area (Å²) >= 11 is 0. The van der Waals surface area contributed by atoms with Crippen LogP contribution in [0.15, 0.2) is 60.8 Å². The van der Waals surface area contributed by atoms with Crippen LogP contribution in [0.2, 0.25) is 0 Å². The topological polar surface area (TPSA) is 104 Å². The Kier molecular flexibility index (Phi) is 6.87. The number of ether oxygens (including phenoxy) is 2. The number of hydrogen-bond donors (Lipinski definition) is 3. The van der Waals surface area contributed by atoms with E-state index in [9.17, 15) is 4.79 Å². The molecule has 1 fully saturated rings. The fourth-order valence-corrected chi connectivity index (χ4v) is 4.03. The van der Waals surface area contributed by atoms with Gasteiger partial charge in [0, 0.05) is 50.7 Å². The zero-order chi connectivity index (χ0) is 24.0. The predicted molar refractivity (Wildman–Crippen MR) is 134 cm³/mol. The van der Waals surface area contributed by atoms with Crippen molar-refractivity contribution in [3.8, 4) is 11.5 Å². The molecule has 0 aliphatic carbocycles. The van der Waals surface area contributed by atoms with E-state index < -0.39 is 0 Å². The zero-order valence-corrected chi connectivity index (χ0v) is 19.6. The van der Waals surface area contributed by atoms with Gasteiger partial charge in [0.1, 0.15) is 17.2 Å². The average molecular weight is 473 g/mol. The lowest BCUT2D eigenvalue weighted by molar-refractivity contribution is 0.0384. The van der Waals surface area contributed by atoms with Gasteiger partial charge in [-0.2, -0.15) is 0 Å². The fraction of sp³-hybridized carbons (Fsp3) is 0.269. The summed E-state index contributed by atoms with van der Waals surface area (Å²) < 4.78 is 11.4. The molecule has 2 aromatic heterocycles. The van der Waals surface area contributed by atoms with Crippen molar-refractivity contribution in [2.45, 2.75) is 6.42 Å². The number of benzene rings is 2. The van der Waals surface area contributed by atoms with Gasteiger partial charge in [-0.3, -0.25) is 14.7 Å². The van der Waals surface area contributed by atoms with Crippen LogP contribution in [0.3, 0.4) is 0 Å². The molecule has 0 spiro atoms. The first kappa shape index (κ1) is 22.8. The molecule has 3 heterocycles. The summed E-state index contributed by atoms with van der Waals surface area (Å²) in [7, 11) is 1.57. The van der Waals surface area contributed by atoms with Crippen molar-refractivity contribution in [2.75, 3.05) is 45.2 Å². The number of hydrogen-bond acceptors (Lipinski definition) is 7. The molecule has 0 unspecified atom stereocenters. The summed E-state index contributed by atoms with van der Waals surface area (Å²) in [5.41, 5.74) is 4.23. The maximum Gasteiger partial charge on any atom is 0.269 e. The second kappa shape index (κ2) is 10.5. The molecule has 0 saturated carbocycles. The van der Waals surface area contributed by atoms with Crippen molar-refractivity contribution in [3.05, 3.63) is 72.1 Å². The number of rotatable bonds is 8. The van der Waals surface area contributed by atoms with Gasteiger partial charge in [-0.15, -0.1) is 0 Å². The Bertz CT molecular complexity index is 1320. The first-order valence-corrected chi connectivity index (χ1v) is 11.7. The van der Waals surface area contributed by atoms with Gasteiger partial charge in [0.15, 0.2) is 0 Å². The standard InChI is InChI=1S/C26H28N6O3/c1-27-25(33)24-17-21(7-9-28-24)35-20-5-6-22-23(16-20)31-26(30-22)29-19-4-2-3-18(15-19)8-10-32-11-13-34-14-12-32/h2-7,9,15-17H,8,10-14H2,1H3,(H,27,33)(H2,29,30,31). The quantitative estimate of drug-likeness (QED) is 0.359. The van der Waals surface area contributed by atoms with Crippen LogP contribution in [0.4, 0.5) is 11.6 Å². The summed E-state index contributed by atoms with van der Waals surface area (Å²) in [6, 6.07) is 17.4. The lowest BCUT2D eigenvalue weighted by atomic mass is 10.1. The van der Waals surface area contributed by atoms with Gasteiger partial charge in [-0.05, 0) is 42.3 Å². The van der Waals surface area contributed by atoms with Crippen LogP contribution in [0.5, 0.6) is 11.5 Å². The number of nitrogens with zero attached hydrogens (tertiary/aromatic N) is 3. The lowest BCUT2D eigenvalue weighted by Gasteiger charge is -2.26. The Balaban J connectivity index is 1.25. The maximum absolute atomic E-state index is 11.8. The molecule has 0 bridgehead atoms. The van der Waals surface area contributed by atoms with Crippen molar-refractivity contribution in [1.29, 1.82) is 0 Å². The van der Waals surface area contributed by atoms with Gasteiger partial charge in [-0.1, -0.05) is 12.1 Å². The third-order valence-corrected chi connectivity index (χ3v) is 5.89. The summed E-state index contributed by atoms with van der Waals surface area (Å²) in [6.45, 7) is 4.67. The minimum atomic E-state index is -0.264. The highest BCUT2D eigenvalue weighted by Gasteiger charge is 2.11. The van der Waals surface area contributed by atoms with Crippen molar-refractivity contribution in [2.24, 2.45) is 0 Å². The third kappa shape index (κ3) is 5.76. The van der Waals surface area contributed by atoms with E-state index in [4.69, 9.17) is 9.47 Å². The lowest BCUT2D eigenvalue weighted by Crippen LogP contribution is -2.37. The van der Waals surface area contributed by atoms with Crippen LogP contribution >= 0.6 is 0 Å². The molecular formula is C26H28N6O3. The Morgan fingerprint density at radius 1 is 1.11 bits per heavy atom. The van der Waals surface area contributed by atoms with Crippen molar-refractivity contribution in [1.82, 2.24) is 25.2 Å². The minimum absolute atomic E-state index is 0.264. The second-order valence-electron chi connectivity index (χ2n) is 8.35. The normalized spacial score (nSPS) is 14.1. The molecule has 0 radical (unpaired) electrons. The molecular weight excluding hydrogens is 444 g/mol. The van der Waals surface area contributed by atoms with Gasteiger partial charge in [0.05, 0.1) is 24.2 Å². The molecule has 180 valence electrons. The molecule has 9 nitrogen and oxygen atoms in total. The maximum atomic E-state index is 11.8. The van der Waals surface area contributed by atoms with Gasteiger partial charge in [0.2, 0.25) is 5.95 Å². The van der Waals surface area contributed by atoms with E-state index in [-0.39, 0.29) is 5.91 Å². The Labute approximate surface area is 203 Å². The zero-order valence-electron chi connectivity index (χ0n) is 19.6. The van der Waals surface area contributed by atoms with Crippen molar-refractivity contribution >= 4 is 28.6 Å². The number of imidazole rings is 1. The van der Waals surface area contributed by atoms with E-state index in [1.165, 1.54) is 5.56 Å². The molecule has 1 amide bonds. The van der Waals surface area contributed by atoms with E-state index in [1.807, 2.05) is 24.3 Å². The monoisotopic (exact) mass is 472 g/mol.